The highest BCUT2D eigenvalue weighted by Crippen LogP contribution is 2.23. The second-order valence-electron chi connectivity index (χ2n) is 4.18. The summed E-state index contributed by atoms with van der Waals surface area (Å²) in [6, 6.07) is 7.80. The van der Waals surface area contributed by atoms with Gasteiger partial charge in [-0.25, -0.2) is 0 Å². The van der Waals surface area contributed by atoms with Gasteiger partial charge in [-0.1, -0.05) is 6.07 Å². The Balaban J connectivity index is 2.12. The Morgan fingerprint density at radius 3 is 3.18 bits per heavy atom. The minimum absolute atomic E-state index is 0.0308. The number of rotatable bonds is 3. The first kappa shape index (κ1) is 11.5. The number of amides is 1. The summed E-state index contributed by atoms with van der Waals surface area (Å²) in [6.45, 7) is 1.41. The standard InChI is InChI=1S/C13H15N3O/c1-16(8-2-6-14)13(17)11-4-3-10-5-7-15-12(10)9-11/h3-4,9,15H,2,5,7-8H2,1H3. The Kier molecular flexibility index (Phi) is 3.29. The third-order valence-electron chi connectivity index (χ3n) is 2.97. The molecule has 0 saturated carbocycles. The van der Waals surface area contributed by atoms with E-state index in [1.165, 1.54) is 5.56 Å². The van der Waals surface area contributed by atoms with Gasteiger partial charge < -0.3 is 10.2 Å². The topological polar surface area (TPSA) is 56.1 Å². The van der Waals surface area contributed by atoms with Crippen molar-refractivity contribution in [2.75, 3.05) is 25.5 Å². The molecular weight excluding hydrogens is 214 g/mol. The average molecular weight is 229 g/mol. The van der Waals surface area contributed by atoms with Gasteiger partial charge in [-0.2, -0.15) is 5.26 Å². The van der Waals surface area contributed by atoms with Gasteiger partial charge in [-0.3, -0.25) is 4.79 Å². The lowest BCUT2D eigenvalue weighted by molar-refractivity contribution is 0.0798. The molecule has 88 valence electrons. The van der Waals surface area contributed by atoms with Crippen molar-refractivity contribution in [3.8, 4) is 6.07 Å². The smallest absolute Gasteiger partial charge is 0.253 e. The molecule has 1 amide bonds. The van der Waals surface area contributed by atoms with E-state index in [4.69, 9.17) is 5.26 Å². The van der Waals surface area contributed by atoms with E-state index in [1.807, 2.05) is 24.3 Å². The summed E-state index contributed by atoms with van der Waals surface area (Å²) in [5, 5.41) is 11.8. The molecule has 1 aromatic rings. The van der Waals surface area contributed by atoms with E-state index in [1.54, 1.807) is 11.9 Å². The monoisotopic (exact) mass is 229 g/mol. The van der Waals surface area contributed by atoms with Crippen molar-refractivity contribution in [3.63, 3.8) is 0 Å². The van der Waals surface area contributed by atoms with Gasteiger partial charge in [0.25, 0.3) is 5.91 Å². The number of nitriles is 1. The van der Waals surface area contributed by atoms with Crippen molar-refractivity contribution in [2.24, 2.45) is 0 Å². The van der Waals surface area contributed by atoms with Gasteiger partial charge in [-0.15, -0.1) is 0 Å². The van der Waals surface area contributed by atoms with Crippen LogP contribution in [0.4, 0.5) is 5.69 Å². The number of nitrogens with zero attached hydrogens (tertiary/aromatic N) is 2. The molecule has 0 spiro atoms. The summed E-state index contributed by atoms with van der Waals surface area (Å²) in [5.41, 5.74) is 3.00. The maximum atomic E-state index is 12.0. The van der Waals surface area contributed by atoms with Gasteiger partial charge in [0.05, 0.1) is 12.5 Å². The van der Waals surface area contributed by atoms with Crippen molar-refractivity contribution in [1.82, 2.24) is 4.90 Å². The van der Waals surface area contributed by atoms with Gasteiger partial charge in [0.15, 0.2) is 0 Å². The van der Waals surface area contributed by atoms with Gasteiger partial charge in [0.2, 0.25) is 0 Å². The molecule has 0 aliphatic carbocycles. The predicted octanol–water partition coefficient (Wildman–Crippen LogP) is 1.64. The van der Waals surface area contributed by atoms with E-state index < -0.39 is 0 Å². The average Bonchev–Trinajstić information content (AvgIpc) is 2.81. The largest absolute Gasteiger partial charge is 0.384 e. The lowest BCUT2D eigenvalue weighted by Gasteiger charge is -2.16. The fourth-order valence-corrected chi connectivity index (χ4v) is 1.96. The van der Waals surface area contributed by atoms with Crippen LogP contribution in [0.15, 0.2) is 18.2 Å². The summed E-state index contributed by atoms with van der Waals surface area (Å²) in [5.74, 6) is -0.0308. The summed E-state index contributed by atoms with van der Waals surface area (Å²) >= 11 is 0. The highest BCUT2D eigenvalue weighted by atomic mass is 16.2. The number of hydrogen-bond acceptors (Lipinski definition) is 3. The zero-order chi connectivity index (χ0) is 12.3. The number of anilines is 1. The maximum absolute atomic E-state index is 12.0. The Hall–Kier alpha value is -2.02. The molecule has 0 radical (unpaired) electrons. The number of fused-ring (bicyclic) bond motifs is 1. The summed E-state index contributed by atoms with van der Waals surface area (Å²) < 4.78 is 0. The van der Waals surface area contributed by atoms with Crippen LogP contribution in [-0.2, 0) is 6.42 Å². The number of nitrogens with one attached hydrogen (secondary N) is 1. The maximum Gasteiger partial charge on any atom is 0.253 e. The van der Waals surface area contributed by atoms with Crippen LogP contribution in [0.5, 0.6) is 0 Å². The molecule has 0 unspecified atom stereocenters. The predicted molar refractivity (Wildman–Crippen MR) is 65.8 cm³/mol. The van der Waals surface area contributed by atoms with Crippen LogP contribution in [0.25, 0.3) is 0 Å². The van der Waals surface area contributed by atoms with Crippen LogP contribution in [0.3, 0.4) is 0 Å². The van der Waals surface area contributed by atoms with Crippen LogP contribution < -0.4 is 5.32 Å². The molecule has 1 aromatic carbocycles. The second-order valence-corrected chi connectivity index (χ2v) is 4.18. The van der Waals surface area contributed by atoms with Crippen LogP contribution in [0, 0.1) is 11.3 Å². The lowest BCUT2D eigenvalue weighted by Crippen LogP contribution is -2.27. The zero-order valence-corrected chi connectivity index (χ0v) is 9.86. The van der Waals surface area contributed by atoms with Crippen molar-refractivity contribution in [1.29, 1.82) is 5.26 Å². The molecule has 4 nitrogen and oxygen atoms in total. The van der Waals surface area contributed by atoms with Crippen LogP contribution >= 0.6 is 0 Å². The zero-order valence-electron chi connectivity index (χ0n) is 9.86. The first-order valence-corrected chi connectivity index (χ1v) is 5.71. The SMILES string of the molecule is CN(CCC#N)C(=O)c1ccc2c(c1)NCC2. The number of carbonyl (C=O) groups is 1. The summed E-state index contributed by atoms with van der Waals surface area (Å²) in [7, 11) is 1.72. The summed E-state index contributed by atoms with van der Waals surface area (Å²) in [6.07, 6.45) is 1.39. The third-order valence-corrected chi connectivity index (χ3v) is 2.97. The first-order chi connectivity index (χ1) is 8.22. The van der Waals surface area contributed by atoms with Crippen molar-refractivity contribution in [2.45, 2.75) is 12.8 Å². The first-order valence-electron chi connectivity index (χ1n) is 5.71. The van der Waals surface area contributed by atoms with E-state index in [0.717, 1.165) is 18.7 Å². The second kappa shape index (κ2) is 4.88. The van der Waals surface area contributed by atoms with Crippen LogP contribution in [-0.4, -0.2) is 30.9 Å². The normalized spacial score (nSPS) is 12.5. The molecule has 4 heteroatoms. The highest BCUT2D eigenvalue weighted by molar-refractivity contribution is 5.95. The van der Waals surface area contributed by atoms with Crippen molar-refractivity contribution >= 4 is 11.6 Å². The molecule has 1 heterocycles. The molecule has 2 rings (SSSR count). The third kappa shape index (κ3) is 2.39. The minimum Gasteiger partial charge on any atom is -0.384 e. The molecule has 0 aromatic heterocycles. The molecule has 0 atom stereocenters. The Morgan fingerprint density at radius 2 is 2.41 bits per heavy atom. The fourth-order valence-electron chi connectivity index (χ4n) is 1.96. The Morgan fingerprint density at radius 1 is 1.59 bits per heavy atom. The van der Waals surface area contributed by atoms with Crippen molar-refractivity contribution in [3.05, 3.63) is 29.3 Å². The van der Waals surface area contributed by atoms with Gasteiger partial charge >= 0.3 is 0 Å². The molecule has 1 N–H and O–H groups in total. The highest BCUT2D eigenvalue weighted by Gasteiger charge is 2.15. The van der Waals surface area contributed by atoms with Gasteiger partial charge in [0, 0.05) is 31.4 Å². The molecule has 1 aliphatic heterocycles. The molecule has 0 fully saturated rings. The minimum atomic E-state index is -0.0308. The molecular formula is C13H15N3O. The van der Waals surface area contributed by atoms with Gasteiger partial charge in [0.1, 0.15) is 0 Å². The van der Waals surface area contributed by atoms with E-state index >= 15 is 0 Å². The molecule has 0 bridgehead atoms. The van der Waals surface area contributed by atoms with Crippen molar-refractivity contribution < 1.29 is 4.79 Å². The molecule has 1 aliphatic rings. The van der Waals surface area contributed by atoms with Gasteiger partial charge in [-0.05, 0) is 24.1 Å². The van der Waals surface area contributed by atoms with E-state index in [0.29, 0.717) is 18.5 Å². The molecule has 17 heavy (non-hydrogen) atoms. The lowest BCUT2D eigenvalue weighted by atomic mass is 10.1. The fraction of sp³-hybridized carbons (Fsp3) is 0.385. The number of carbonyl (C=O) groups excluding carboxylic acids is 1. The molecule has 0 saturated heterocycles. The Labute approximate surface area is 101 Å². The Bertz CT molecular complexity index is 476. The van der Waals surface area contributed by atoms with E-state index in [9.17, 15) is 4.79 Å². The van der Waals surface area contributed by atoms with Crippen LogP contribution in [0.1, 0.15) is 22.3 Å². The van der Waals surface area contributed by atoms with Crippen LogP contribution in [0.2, 0.25) is 0 Å². The van der Waals surface area contributed by atoms with E-state index in [-0.39, 0.29) is 5.91 Å². The summed E-state index contributed by atoms with van der Waals surface area (Å²) in [4.78, 5) is 13.6. The number of hydrogen-bond donors (Lipinski definition) is 1. The quantitative estimate of drug-likeness (QED) is 0.857. The number of benzene rings is 1. The van der Waals surface area contributed by atoms with E-state index in [2.05, 4.69) is 5.32 Å².